The molecule has 2 aromatic carbocycles. The summed E-state index contributed by atoms with van der Waals surface area (Å²) in [6.07, 6.45) is 0.514. The topological polar surface area (TPSA) is 63.4 Å². The molecule has 0 bridgehead atoms. The van der Waals surface area contributed by atoms with E-state index in [2.05, 4.69) is 22.0 Å². The molecule has 5 rings (SSSR count). The molecular formula is C25H28ClFN4O2. The summed E-state index contributed by atoms with van der Waals surface area (Å²) in [6.45, 7) is 9.29. The van der Waals surface area contributed by atoms with E-state index in [0.717, 1.165) is 46.3 Å². The predicted molar refractivity (Wildman–Crippen MR) is 125 cm³/mol. The molecule has 33 heavy (non-hydrogen) atoms. The zero-order chi connectivity index (χ0) is 23.4. The molecule has 2 heterocycles. The van der Waals surface area contributed by atoms with Crippen LogP contribution in [0.4, 0.5) is 4.39 Å². The van der Waals surface area contributed by atoms with Crippen molar-refractivity contribution < 1.29 is 14.2 Å². The van der Waals surface area contributed by atoms with E-state index in [1.54, 1.807) is 0 Å². The molecule has 1 fully saturated rings. The van der Waals surface area contributed by atoms with Crippen molar-refractivity contribution in [1.82, 2.24) is 19.7 Å². The van der Waals surface area contributed by atoms with Crippen LogP contribution in [-0.4, -0.2) is 50.0 Å². The molecule has 0 radical (unpaired) electrons. The molecule has 3 atom stereocenters. The van der Waals surface area contributed by atoms with Crippen molar-refractivity contribution in [2.45, 2.75) is 58.8 Å². The molecule has 1 unspecified atom stereocenters. The van der Waals surface area contributed by atoms with E-state index in [9.17, 15) is 9.50 Å². The highest BCUT2D eigenvalue weighted by atomic mass is 35.5. The maximum atomic E-state index is 14.8. The van der Waals surface area contributed by atoms with Crippen LogP contribution < -0.4 is 4.74 Å². The molecule has 0 amide bonds. The van der Waals surface area contributed by atoms with Crippen molar-refractivity contribution in [3.63, 3.8) is 0 Å². The van der Waals surface area contributed by atoms with Crippen molar-refractivity contribution >= 4 is 11.6 Å². The Hall–Kier alpha value is -2.48. The smallest absolute Gasteiger partial charge is 0.140 e. The fourth-order valence-corrected chi connectivity index (χ4v) is 5.47. The number of rotatable bonds is 4. The Balaban J connectivity index is 1.53. The van der Waals surface area contributed by atoms with E-state index in [4.69, 9.17) is 16.3 Å². The van der Waals surface area contributed by atoms with Crippen molar-refractivity contribution in [3.05, 3.63) is 69.0 Å². The molecular weight excluding hydrogens is 443 g/mol. The number of aromatic nitrogens is 3. The van der Waals surface area contributed by atoms with Gasteiger partial charge in [0.25, 0.3) is 0 Å². The zero-order valence-electron chi connectivity index (χ0n) is 19.3. The van der Waals surface area contributed by atoms with Gasteiger partial charge in [0.2, 0.25) is 0 Å². The molecule has 174 valence electrons. The fourth-order valence-electron chi connectivity index (χ4n) is 5.25. The molecule has 1 aromatic heterocycles. The lowest BCUT2D eigenvalue weighted by Crippen LogP contribution is -2.39. The van der Waals surface area contributed by atoms with Crippen LogP contribution in [0.3, 0.4) is 0 Å². The molecule has 1 aliphatic heterocycles. The van der Waals surface area contributed by atoms with Gasteiger partial charge in [0, 0.05) is 23.7 Å². The number of β-amino-alcohol motifs (C(OH)–C–C–N with tert-alkyl or cyclic N) is 1. The van der Waals surface area contributed by atoms with Crippen molar-refractivity contribution in [3.8, 4) is 11.4 Å². The minimum atomic E-state index is -0.374. The second-order valence-electron chi connectivity index (χ2n) is 9.17. The van der Waals surface area contributed by atoms with Gasteiger partial charge in [0.05, 0.1) is 17.8 Å². The average Bonchev–Trinajstić information content (AvgIpc) is 3.44. The highest BCUT2D eigenvalue weighted by molar-refractivity contribution is 6.30. The van der Waals surface area contributed by atoms with Crippen LogP contribution in [0.2, 0.25) is 5.02 Å². The molecule has 0 saturated carbocycles. The lowest BCUT2D eigenvalue weighted by Gasteiger charge is -2.30. The quantitative estimate of drug-likeness (QED) is 0.612. The molecule has 3 aromatic rings. The summed E-state index contributed by atoms with van der Waals surface area (Å²) < 4.78 is 23.5. The standard InChI is InChI=1S/C25H28ClFN4O2/c1-13-14(2)24(6-5-22(13)31-15(3)28-29-16(31)4)33-25-20-9-17(26)10-21(27)19(20)11-23(25)30-8-7-18(32)12-30/h5-6,9-10,18,23,25,32H,7-8,11-12H2,1-4H3/t18?,23-,25-/m0/s1. The lowest BCUT2D eigenvalue weighted by molar-refractivity contribution is 0.0813. The number of aliphatic hydroxyl groups excluding tert-OH is 1. The predicted octanol–water partition coefficient (Wildman–Crippen LogP) is 4.40. The summed E-state index contributed by atoms with van der Waals surface area (Å²) in [5.41, 5.74) is 4.54. The van der Waals surface area contributed by atoms with Crippen LogP contribution in [0.5, 0.6) is 5.75 Å². The Morgan fingerprint density at radius 2 is 1.82 bits per heavy atom. The molecule has 1 saturated heterocycles. The number of hydrogen-bond donors (Lipinski definition) is 1. The van der Waals surface area contributed by atoms with Gasteiger partial charge in [0.1, 0.15) is 29.3 Å². The van der Waals surface area contributed by atoms with E-state index in [-0.39, 0.29) is 24.1 Å². The third-order valence-electron chi connectivity index (χ3n) is 7.12. The molecule has 6 nitrogen and oxygen atoms in total. The number of benzene rings is 2. The highest BCUT2D eigenvalue weighted by Crippen LogP contribution is 2.42. The third kappa shape index (κ3) is 3.82. The van der Waals surface area contributed by atoms with Crippen LogP contribution in [0.25, 0.3) is 5.69 Å². The minimum absolute atomic E-state index is 0.0631. The van der Waals surface area contributed by atoms with Gasteiger partial charge < -0.3 is 9.84 Å². The van der Waals surface area contributed by atoms with Crippen LogP contribution in [0, 0.1) is 33.5 Å². The summed E-state index contributed by atoms with van der Waals surface area (Å²) in [5, 5.41) is 18.8. The van der Waals surface area contributed by atoms with Crippen molar-refractivity contribution in [2.24, 2.45) is 0 Å². The van der Waals surface area contributed by atoms with Gasteiger partial charge in [-0.15, -0.1) is 10.2 Å². The first kappa shape index (κ1) is 22.3. The Morgan fingerprint density at radius 3 is 2.48 bits per heavy atom. The zero-order valence-corrected chi connectivity index (χ0v) is 20.0. The van der Waals surface area contributed by atoms with Crippen molar-refractivity contribution in [1.29, 1.82) is 0 Å². The third-order valence-corrected chi connectivity index (χ3v) is 7.34. The molecule has 1 N–H and O–H groups in total. The molecule has 8 heteroatoms. The van der Waals surface area contributed by atoms with Gasteiger partial charge in [-0.05, 0) is 81.5 Å². The Kier molecular flexibility index (Phi) is 5.67. The number of fused-ring (bicyclic) bond motifs is 1. The van der Waals surface area contributed by atoms with Gasteiger partial charge in [-0.2, -0.15) is 0 Å². The van der Waals surface area contributed by atoms with Crippen LogP contribution >= 0.6 is 11.6 Å². The first-order valence-electron chi connectivity index (χ1n) is 11.3. The first-order chi connectivity index (χ1) is 15.7. The van der Waals surface area contributed by atoms with Gasteiger partial charge in [0.15, 0.2) is 0 Å². The number of aryl methyl sites for hydroxylation is 2. The summed E-state index contributed by atoms with van der Waals surface area (Å²) in [4.78, 5) is 2.21. The van der Waals surface area contributed by atoms with Gasteiger partial charge in [-0.1, -0.05) is 11.6 Å². The summed E-state index contributed by atoms with van der Waals surface area (Å²) in [5.74, 6) is 2.11. The fraction of sp³-hybridized carbons (Fsp3) is 0.440. The average molecular weight is 471 g/mol. The Labute approximate surface area is 198 Å². The van der Waals surface area contributed by atoms with Crippen LogP contribution in [-0.2, 0) is 6.42 Å². The number of hydrogen-bond acceptors (Lipinski definition) is 5. The van der Waals surface area contributed by atoms with E-state index in [0.29, 0.717) is 30.0 Å². The van der Waals surface area contributed by atoms with E-state index in [1.165, 1.54) is 6.07 Å². The van der Waals surface area contributed by atoms with E-state index in [1.807, 2.05) is 43.5 Å². The maximum Gasteiger partial charge on any atom is 0.140 e. The SMILES string of the molecule is Cc1c(O[C@H]2c3cc(Cl)cc(F)c3C[C@@H]2N2CCC(O)C2)ccc(-n2c(C)nnc2C)c1C. The molecule has 0 spiro atoms. The summed E-state index contributed by atoms with van der Waals surface area (Å²) in [6, 6.07) is 7.10. The van der Waals surface area contributed by atoms with E-state index < -0.39 is 0 Å². The van der Waals surface area contributed by atoms with Gasteiger partial charge in [-0.25, -0.2) is 4.39 Å². The van der Waals surface area contributed by atoms with Crippen LogP contribution in [0.1, 0.15) is 46.4 Å². The second-order valence-corrected chi connectivity index (χ2v) is 9.60. The first-order valence-corrected chi connectivity index (χ1v) is 11.7. The lowest BCUT2D eigenvalue weighted by atomic mass is 10.0. The maximum absolute atomic E-state index is 14.8. The van der Waals surface area contributed by atoms with Gasteiger partial charge in [-0.3, -0.25) is 9.47 Å². The molecule has 2 aliphatic rings. The largest absolute Gasteiger partial charge is 0.484 e. The highest BCUT2D eigenvalue weighted by Gasteiger charge is 2.42. The Bertz CT molecular complexity index is 1210. The summed E-state index contributed by atoms with van der Waals surface area (Å²) in [7, 11) is 0. The summed E-state index contributed by atoms with van der Waals surface area (Å²) >= 11 is 6.23. The number of likely N-dealkylation sites (tertiary alicyclic amines) is 1. The molecule has 1 aliphatic carbocycles. The minimum Gasteiger partial charge on any atom is -0.484 e. The number of aliphatic hydroxyl groups is 1. The number of ether oxygens (including phenoxy) is 1. The van der Waals surface area contributed by atoms with Crippen LogP contribution in [0.15, 0.2) is 24.3 Å². The van der Waals surface area contributed by atoms with Crippen molar-refractivity contribution in [2.75, 3.05) is 13.1 Å². The Morgan fingerprint density at radius 1 is 1.09 bits per heavy atom. The van der Waals surface area contributed by atoms with Gasteiger partial charge >= 0.3 is 0 Å². The normalized spacial score (nSPS) is 22.7. The number of nitrogens with zero attached hydrogens (tertiary/aromatic N) is 4. The number of halogens is 2. The second kappa shape index (κ2) is 8.38. The monoisotopic (exact) mass is 470 g/mol. The van der Waals surface area contributed by atoms with E-state index >= 15 is 0 Å².